The van der Waals surface area contributed by atoms with Crippen LogP contribution >= 0.6 is 0 Å². The Morgan fingerprint density at radius 2 is 2.00 bits per heavy atom. The summed E-state index contributed by atoms with van der Waals surface area (Å²) in [4.78, 5) is 4.22. The van der Waals surface area contributed by atoms with Gasteiger partial charge in [-0.1, -0.05) is 36.4 Å². The summed E-state index contributed by atoms with van der Waals surface area (Å²) >= 11 is 0. The third-order valence-corrected chi connectivity index (χ3v) is 4.31. The molecule has 0 saturated heterocycles. The normalized spacial score (nSPS) is 14.3. The fourth-order valence-electron chi connectivity index (χ4n) is 2.87. The van der Waals surface area contributed by atoms with E-state index in [0.717, 1.165) is 41.5 Å². The summed E-state index contributed by atoms with van der Waals surface area (Å²) in [6, 6.07) is 14.4. The molecule has 130 valence electrons. The van der Waals surface area contributed by atoms with Crippen LogP contribution in [0.5, 0.6) is 0 Å². The Hall–Kier alpha value is -3.41. The van der Waals surface area contributed by atoms with Crippen LogP contribution in [0.2, 0.25) is 0 Å². The highest BCUT2D eigenvalue weighted by atomic mass is 15.4. The van der Waals surface area contributed by atoms with Crippen LogP contribution in [0.15, 0.2) is 65.0 Å². The number of pyridine rings is 1. The highest BCUT2D eigenvalue weighted by Gasteiger charge is 2.10. The molecule has 4 rings (SSSR count). The molecule has 2 N–H and O–H groups in total. The molecule has 1 aliphatic rings. The van der Waals surface area contributed by atoms with Crippen molar-refractivity contribution in [2.24, 2.45) is 17.1 Å². The monoisotopic (exact) mass is 345 g/mol. The molecule has 3 heterocycles. The van der Waals surface area contributed by atoms with Crippen molar-refractivity contribution in [3.05, 3.63) is 71.7 Å². The maximum Gasteiger partial charge on any atom is 0.286 e. The van der Waals surface area contributed by atoms with Crippen molar-refractivity contribution in [2.75, 3.05) is 13.1 Å². The van der Waals surface area contributed by atoms with E-state index in [1.165, 1.54) is 0 Å². The first-order valence-electron chi connectivity index (χ1n) is 8.61. The Kier molecular flexibility index (Phi) is 4.47. The zero-order chi connectivity index (χ0) is 17.8. The van der Waals surface area contributed by atoms with Crippen molar-refractivity contribution in [2.45, 2.75) is 0 Å². The predicted octanol–water partition coefficient (Wildman–Crippen LogP) is 1.82. The minimum atomic E-state index is 0.730. The Bertz CT molecular complexity index is 995. The van der Waals surface area contributed by atoms with Gasteiger partial charge in [0.15, 0.2) is 5.69 Å². The molecule has 0 spiro atoms. The summed E-state index contributed by atoms with van der Waals surface area (Å²) in [5.74, 6) is 0.730. The molecular formula is C20H21N6+. The lowest BCUT2D eigenvalue weighted by Crippen LogP contribution is -2.30. The van der Waals surface area contributed by atoms with Gasteiger partial charge in [-0.2, -0.15) is 5.10 Å². The van der Waals surface area contributed by atoms with Crippen molar-refractivity contribution in [1.29, 1.82) is 0 Å². The van der Waals surface area contributed by atoms with Gasteiger partial charge in [0, 0.05) is 12.6 Å². The molecule has 6 heteroatoms. The summed E-state index contributed by atoms with van der Waals surface area (Å²) < 4.78 is 4.29. The van der Waals surface area contributed by atoms with E-state index in [4.69, 9.17) is 0 Å². The zero-order valence-electron chi connectivity index (χ0n) is 14.6. The molecule has 0 amide bonds. The van der Waals surface area contributed by atoms with Crippen LogP contribution in [-0.4, -0.2) is 29.8 Å². The van der Waals surface area contributed by atoms with Gasteiger partial charge in [0.1, 0.15) is 6.20 Å². The lowest BCUT2D eigenvalue weighted by Gasteiger charge is -1.99. The molecule has 0 saturated carbocycles. The molecule has 0 fully saturated rings. The van der Waals surface area contributed by atoms with Gasteiger partial charge in [-0.3, -0.25) is 0 Å². The fraction of sp³-hybridized carbons (Fsp3) is 0.150. The second kappa shape index (κ2) is 7.23. The molecule has 0 radical (unpaired) electrons. The van der Waals surface area contributed by atoms with Crippen LogP contribution in [-0.2, 0) is 7.05 Å². The van der Waals surface area contributed by atoms with Crippen LogP contribution in [0.4, 0.5) is 0 Å². The Morgan fingerprint density at radius 1 is 1.15 bits per heavy atom. The molecule has 6 nitrogen and oxygen atoms in total. The first kappa shape index (κ1) is 16.1. The second-order valence-corrected chi connectivity index (χ2v) is 6.11. The van der Waals surface area contributed by atoms with Gasteiger partial charge in [0.2, 0.25) is 5.96 Å². The molecule has 0 atom stereocenters. The summed E-state index contributed by atoms with van der Waals surface area (Å²) in [6.07, 6.45) is 10.2. The molecule has 1 aliphatic heterocycles. The summed E-state index contributed by atoms with van der Waals surface area (Å²) in [5, 5.41) is 7.30. The third-order valence-electron chi connectivity index (χ3n) is 4.31. The Balaban J connectivity index is 1.44. The van der Waals surface area contributed by atoms with E-state index >= 15 is 0 Å². The number of aryl methyl sites for hydroxylation is 1. The second-order valence-electron chi connectivity index (χ2n) is 6.11. The lowest BCUT2D eigenvalue weighted by atomic mass is 10.1. The lowest BCUT2D eigenvalue weighted by molar-refractivity contribution is -0.510. The number of hydrogen-bond acceptors (Lipinski definition) is 4. The third kappa shape index (κ3) is 3.49. The summed E-state index contributed by atoms with van der Waals surface area (Å²) in [5.41, 5.74) is 7.39. The van der Waals surface area contributed by atoms with Crippen molar-refractivity contribution >= 4 is 30.0 Å². The molecular weight excluding hydrogens is 324 g/mol. The molecule has 0 unspecified atom stereocenters. The van der Waals surface area contributed by atoms with Crippen molar-refractivity contribution in [3.8, 4) is 0 Å². The highest BCUT2D eigenvalue weighted by Crippen LogP contribution is 2.10. The van der Waals surface area contributed by atoms with Crippen LogP contribution in [0.3, 0.4) is 0 Å². The molecule has 1 aromatic carbocycles. The Morgan fingerprint density at radius 3 is 2.77 bits per heavy atom. The van der Waals surface area contributed by atoms with Gasteiger partial charge in [-0.05, 0) is 23.3 Å². The van der Waals surface area contributed by atoms with Crippen molar-refractivity contribution in [3.63, 3.8) is 0 Å². The number of imidazole rings is 1. The van der Waals surface area contributed by atoms with E-state index in [2.05, 4.69) is 79.6 Å². The van der Waals surface area contributed by atoms with Gasteiger partial charge in [-0.25, -0.2) is 19.4 Å². The molecule has 2 aromatic heterocycles. The largest absolute Gasteiger partial charge is 0.353 e. The maximum atomic E-state index is 4.22. The number of rotatable bonds is 4. The van der Waals surface area contributed by atoms with Crippen LogP contribution in [0, 0.1) is 0 Å². The highest BCUT2D eigenvalue weighted by molar-refractivity contribution is 5.85. The number of benzene rings is 1. The number of guanidine groups is 1. The average Bonchev–Trinajstić information content (AvgIpc) is 3.30. The van der Waals surface area contributed by atoms with Gasteiger partial charge in [0.05, 0.1) is 26.0 Å². The number of nitrogens with one attached hydrogen (secondary N) is 2. The molecule has 0 bridgehead atoms. The van der Waals surface area contributed by atoms with E-state index < -0.39 is 0 Å². The van der Waals surface area contributed by atoms with Gasteiger partial charge in [0.25, 0.3) is 5.65 Å². The van der Waals surface area contributed by atoms with Gasteiger partial charge in [-0.15, -0.1) is 0 Å². The minimum absolute atomic E-state index is 0.730. The fourth-order valence-corrected chi connectivity index (χ4v) is 2.87. The van der Waals surface area contributed by atoms with E-state index in [9.17, 15) is 0 Å². The smallest absolute Gasteiger partial charge is 0.286 e. The van der Waals surface area contributed by atoms with Crippen LogP contribution in [0.25, 0.3) is 17.8 Å². The predicted molar refractivity (Wildman–Crippen MR) is 105 cm³/mol. The zero-order valence-corrected chi connectivity index (χ0v) is 14.6. The van der Waals surface area contributed by atoms with E-state index in [0.29, 0.717) is 0 Å². The van der Waals surface area contributed by atoms with Gasteiger partial charge >= 0.3 is 0 Å². The standard InChI is InChI=1S/C20H21N6/c1-25-18(15-26-13-3-2-4-19(25)26)10-9-16-5-7-17(8-6-16)14-23-24-20-21-11-12-22-20/h2-10,13-15H,11-12H2,1H3,(H2,21,22,24)/q+1/b10-9+,23-14+. The van der Waals surface area contributed by atoms with Gasteiger partial charge < -0.3 is 5.32 Å². The number of aromatic nitrogens is 2. The SMILES string of the molecule is Cn1c(/C=C/c2ccc(/C=N/NC3=NCCN3)cc2)c[n+]2ccccc12. The number of hydrogen-bond donors (Lipinski definition) is 2. The van der Waals surface area contributed by atoms with Crippen LogP contribution < -0.4 is 15.1 Å². The summed E-state index contributed by atoms with van der Waals surface area (Å²) in [7, 11) is 2.07. The summed E-state index contributed by atoms with van der Waals surface area (Å²) in [6.45, 7) is 1.67. The van der Waals surface area contributed by atoms with Crippen molar-refractivity contribution in [1.82, 2.24) is 15.3 Å². The van der Waals surface area contributed by atoms with E-state index in [1.807, 2.05) is 24.3 Å². The maximum absolute atomic E-state index is 4.22. The van der Waals surface area contributed by atoms with Crippen LogP contribution in [0.1, 0.15) is 16.8 Å². The van der Waals surface area contributed by atoms with E-state index in [-0.39, 0.29) is 0 Å². The molecule has 26 heavy (non-hydrogen) atoms. The van der Waals surface area contributed by atoms with Crippen molar-refractivity contribution < 1.29 is 4.40 Å². The number of nitrogens with zero attached hydrogens (tertiary/aromatic N) is 4. The minimum Gasteiger partial charge on any atom is -0.353 e. The number of aliphatic imine (C=N–C) groups is 1. The quantitative estimate of drug-likeness (QED) is 0.430. The molecule has 0 aliphatic carbocycles. The average molecular weight is 345 g/mol. The first-order valence-corrected chi connectivity index (χ1v) is 8.61. The number of fused-ring (bicyclic) bond motifs is 1. The number of hydrazone groups is 1. The molecule has 3 aromatic rings. The topological polar surface area (TPSA) is 57.8 Å². The van der Waals surface area contributed by atoms with E-state index in [1.54, 1.807) is 6.21 Å². The first-order chi connectivity index (χ1) is 12.8. The Labute approximate surface area is 152 Å².